The van der Waals surface area contributed by atoms with Crippen LogP contribution >= 0.6 is 0 Å². The summed E-state index contributed by atoms with van der Waals surface area (Å²) >= 11 is 0. The van der Waals surface area contributed by atoms with Gasteiger partial charge in [-0.15, -0.1) is 0 Å². The number of carbonyl (C=O) groups is 2. The van der Waals surface area contributed by atoms with Crippen LogP contribution in [-0.4, -0.2) is 36.9 Å². The van der Waals surface area contributed by atoms with Gasteiger partial charge < -0.3 is 15.0 Å². The van der Waals surface area contributed by atoms with Crippen molar-refractivity contribution in [3.63, 3.8) is 0 Å². The van der Waals surface area contributed by atoms with E-state index in [0.29, 0.717) is 19.5 Å². The van der Waals surface area contributed by atoms with Gasteiger partial charge in [0.15, 0.2) is 0 Å². The maximum atomic E-state index is 12.5. The van der Waals surface area contributed by atoms with Crippen LogP contribution in [-0.2, 0) is 22.4 Å². The lowest BCUT2D eigenvalue weighted by Gasteiger charge is -2.36. The largest absolute Gasteiger partial charge is 0.497 e. The number of carbonyl (C=O) groups excluding carboxylic acids is 2. The number of methoxy groups -OCH3 is 1. The molecule has 2 amide bonds. The Morgan fingerprint density at radius 2 is 1.89 bits per heavy atom. The number of fused-ring (bicyclic) bond motifs is 1. The van der Waals surface area contributed by atoms with E-state index in [1.165, 1.54) is 5.56 Å². The van der Waals surface area contributed by atoms with Crippen molar-refractivity contribution in [3.8, 4) is 5.75 Å². The molecule has 1 N–H and O–H groups in total. The van der Waals surface area contributed by atoms with E-state index in [1.54, 1.807) is 14.0 Å². The summed E-state index contributed by atoms with van der Waals surface area (Å²) in [5.74, 6) is 0.806. The molecular formula is C22H26N2O3. The molecule has 142 valence electrons. The molecule has 5 heteroatoms. The highest BCUT2D eigenvalue weighted by molar-refractivity contribution is 5.79. The van der Waals surface area contributed by atoms with E-state index in [-0.39, 0.29) is 17.9 Å². The average Bonchev–Trinajstić information content (AvgIpc) is 2.68. The average molecular weight is 366 g/mol. The minimum Gasteiger partial charge on any atom is -0.497 e. The fourth-order valence-electron chi connectivity index (χ4n) is 3.63. The van der Waals surface area contributed by atoms with Crippen LogP contribution in [0.2, 0.25) is 0 Å². The predicted octanol–water partition coefficient (Wildman–Crippen LogP) is 2.89. The van der Waals surface area contributed by atoms with E-state index < -0.39 is 0 Å². The standard InChI is InChI=1S/C22H26N2O3/c1-16(25)24-14-12-18-5-3-4-6-20(18)21(24)15-22(26)23-13-11-17-7-9-19(27-2)10-8-17/h3-10,21H,11-15H2,1-2H3,(H,23,26). The van der Waals surface area contributed by atoms with Gasteiger partial charge in [-0.1, -0.05) is 36.4 Å². The second kappa shape index (κ2) is 8.71. The van der Waals surface area contributed by atoms with Crippen molar-refractivity contribution in [1.29, 1.82) is 0 Å². The first-order valence-corrected chi connectivity index (χ1v) is 9.33. The zero-order valence-electron chi connectivity index (χ0n) is 15.9. The maximum Gasteiger partial charge on any atom is 0.222 e. The van der Waals surface area contributed by atoms with Crippen molar-refractivity contribution < 1.29 is 14.3 Å². The molecule has 0 spiro atoms. The highest BCUT2D eigenvalue weighted by Crippen LogP contribution is 2.32. The topological polar surface area (TPSA) is 58.6 Å². The van der Waals surface area contributed by atoms with Crippen LogP contribution in [0.15, 0.2) is 48.5 Å². The number of hydrogen-bond acceptors (Lipinski definition) is 3. The van der Waals surface area contributed by atoms with Crippen LogP contribution in [0.25, 0.3) is 0 Å². The lowest BCUT2D eigenvalue weighted by Crippen LogP contribution is -2.41. The zero-order chi connectivity index (χ0) is 19.2. The second-order valence-electron chi connectivity index (χ2n) is 6.83. The van der Waals surface area contributed by atoms with Crippen molar-refractivity contribution in [2.75, 3.05) is 20.2 Å². The molecule has 5 nitrogen and oxygen atoms in total. The van der Waals surface area contributed by atoms with Crippen LogP contribution in [0.3, 0.4) is 0 Å². The molecule has 2 aromatic rings. The van der Waals surface area contributed by atoms with Crippen LogP contribution in [0.5, 0.6) is 5.75 Å². The molecule has 0 saturated heterocycles. The van der Waals surface area contributed by atoms with Crippen LogP contribution in [0.1, 0.15) is 36.1 Å². The predicted molar refractivity (Wildman–Crippen MR) is 105 cm³/mol. The summed E-state index contributed by atoms with van der Waals surface area (Å²) in [6, 6.07) is 15.7. The van der Waals surface area contributed by atoms with Crippen molar-refractivity contribution in [2.24, 2.45) is 0 Å². The minimum atomic E-state index is -0.187. The van der Waals surface area contributed by atoms with Gasteiger partial charge in [-0.3, -0.25) is 9.59 Å². The summed E-state index contributed by atoms with van der Waals surface area (Å²) in [6.45, 7) is 2.80. The van der Waals surface area contributed by atoms with E-state index in [2.05, 4.69) is 11.4 Å². The number of benzene rings is 2. The first-order valence-electron chi connectivity index (χ1n) is 9.33. The second-order valence-corrected chi connectivity index (χ2v) is 6.83. The number of nitrogens with zero attached hydrogens (tertiary/aromatic N) is 1. The molecule has 1 unspecified atom stereocenters. The minimum absolute atomic E-state index is 0.0144. The number of ether oxygens (including phenoxy) is 1. The van der Waals surface area contributed by atoms with Gasteiger partial charge in [-0.25, -0.2) is 0 Å². The first-order chi connectivity index (χ1) is 13.1. The summed E-state index contributed by atoms with van der Waals surface area (Å²) in [4.78, 5) is 26.4. The molecule has 1 heterocycles. The Labute approximate surface area is 160 Å². The van der Waals surface area contributed by atoms with E-state index in [0.717, 1.165) is 29.7 Å². The van der Waals surface area contributed by atoms with E-state index >= 15 is 0 Å². The summed E-state index contributed by atoms with van der Waals surface area (Å²) < 4.78 is 5.15. The lowest BCUT2D eigenvalue weighted by molar-refractivity contribution is -0.133. The fraction of sp³-hybridized carbons (Fsp3) is 0.364. The molecule has 0 bridgehead atoms. The SMILES string of the molecule is COc1ccc(CCNC(=O)CC2c3ccccc3CCN2C(C)=O)cc1. The molecule has 1 aliphatic rings. The Balaban J connectivity index is 1.59. The summed E-state index contributed by atoms with van der Waals surface area (Å²) in [5, 5.41) is 2.99. The van der Waals surface area contributed by atoms with Gasteiger partial charge in [0.25, 0.3) is 0 Å². The molecule has 2 aromatic carbocycles. The molecule has 0 aliphatic carbocycles. The van der Waals surface area contributed by atoms with E-state index in [1.807, 2.05) is 47.4 Å². The van der Waals surface area contributed by atoms with Gasteiger partial charge in [0, 0.05) is 20.0 Å². The maximum absolute atomic E-state index is 12.5. The van der Waals surface area contributed by atoms with Gasteiger partial charge in [-0.2, -0.15) is 0 Å². The van der Waals surface area contributed by atoms with Crippen molar-refractivity contribution >= 4 is 11.8 Å². The highest BCUT2D eigenvalue weighted by Gasteiger charge is 2.30. The lowest BCUT2D eigenvalue weighted by atomic mass is 9.90. The first kappa shape index (κ1) is 19.0. The van der Waals surface area contributed by atoms with Gasteiger partial charge in [0.2, 0.25) is 11.8 Å². The third kappa shape index (κ3) is 4.67. The van der Waals surface area contributed by atoms with E-state index in [9.17, 15) is 9.59 Å². The monoisotopic (exact) mass is 366 g/mol. The van der Waals surface area contributed by atoms with Crippen molar-refractivity contribution in [3.05, 3.63) is 65.2 Å². The Bertz CT molecular complexity index is 801. The van der Waals surface area contributed by atoms with Crippen molar-refractivity contribution in [1.82, 2.24) is 10.2 Å². The zero-order valence-corrected chi connectivity index (χ0v) is 15.9. The molecule has 1 aliphatic heterocycles. The molecule has 0 aromatic heterocycles. The number of rotatable bonds is 6. The molecular weight excluding hydrogens is 340 g/mol. The quantitative estimate of drug-likeness (QED) is 0.855. The molecule has 27 heavy (non-hydrogen) atoms. The summed E-state index contributed by atoms with van der Waals surface area (Å²) in [5.41, 5.74) is 3.46. The van der Waals surface area contributed by atoms with Crippen LogP contribution in [0.4, 0.5) is 0 Å². The van der Waals surface area contributed by atoms with E-state index in [4.69, 9.17) is 4.74 Å². The smallest absolute Gasteiger partial charge is 0.222 e. The number of hydrogen-bond donors (Lipinski definition) is 1. The van der Waals surface area contributed by atoms with Crippen LogP contribution < -0.4 is 10.1 Å². The van der Waals surface area contributed by atoms with Gasteiger partial charge >= 0.3 is 0 Å². The molecule has 0 radical (unpaired) electrons. The molecule has 1 atom stereocenters. The Morgan fingerprint density at radius 3 is 2.59 bits per heavy atom. The number of amides is 2. The fourth-order valence-corrected chi connectivity index (χ4v) is 3.63. The number of nitrogens with one attached hydrogen (secondary N) is 1. The normalized spacial score (nSPS) is 15.8. The Hall–Kier alpha value is -2.82. The third-order valence-electron chi connectivity index (χ3n) is 5.09. The third-order valence-corrected chi connectivity index (χ3v) is 5.09. The highest BCUT2D eigenvalue weighted by atomic mass is 16.5. The van der Waals surface area contributed by atoms with Gasteiger partial charge in [0.1, 0.15) is 5.75 Å². The van der Waals surface area contributed by atoms with Gasteiger partial charge in [-0.05, 0) is 41.7 Å². The summed E-state index contributed by atoms with van der Waals surface area (Å²) in [6.07, 6.45) is 1.89. The molecule has 0 fully saturated rings. The van der Waals surface area contributed by atoms with Crippen molar-refractivity contribution in [2.45, 2.75) is 32.2 Å². The van der Waals surface area contributed by atoms with Gasteiger partial charge in [0.05, 0.1) is 19.6 Å². The summed E-state index contributed by atoms with van der Waals surface area (Å²) in [7, 11) is 1.64. The molecule has 0 saturated carbocycles. The molecule has 3 rings (SSSR count). The Morgan fingerprint density at radius 1 is 1.15 bits per heavy atom. The van der Waals surface area contributed by atoms with Crippen LogP contribution in [0, 0.1) is 0 Å². The Kier molecular flexibility index (Phi) is 6.12.